The van der Waals surface area contributed by atoms with Crippen LogP contribution in [0, 0.1) is 5.92 Å². The molecular weight excluding hydrogens is 210 g/mol. The molecule has 0 aromatic rings. The Balaban J connectivity index is 2.34. The molecule has 2 N–H and O–H groups in total. The van der Waals surface area contributed by atoms with Crippen molar-refractivity contribution in [2.24, 2.45) is 5.92 Å². The van der Waals surface area contributed by atoms with E-state index in [1.807, 2.05) is 4.90 Å². The maximum atomic E-state index is 10.8. The number of nitrogens with zero attached hydrogens (tertiary/aromatic N) is 1. The van der Waals surface area contributed by atoms with Crippen LogP contribution in [0.3, 0.4) is 0 Å². The minimum Gasteiger partial charge on any atom is -0.479 e. The maximum Gasteiger partial charge on any atom is 0.336 e. The number of hydrogen-bond acceptors (Lipinski definition) is 4. The quantitative estimate of drug-likeness (QED) is 0.706. The molecule has 1 rings (SSSR count). The van der Waals surface area contributed by atoms with E-state index in [2.05, 4.69) is 0 Å². The van der Waals surface area contributed by atoms with E-state index < -0.39 is 11.6 Å². The van der Waals surface area contributed by atoms with E-state index in [4.69, 9.17) is 9.84 Å². The molecule has 0 aromatic carbocycles. The normalized spacial score (nSPS) is 22.9. The van der Waals surface area contributed by atoms with E-state index in [1.165, 1.54) is 6.92 Å². The van der Waals surface area contributed by atoms with Gasteiger partial charge in [0, 0.05) is 20.3 Å². The summed E-state index contributed by atoms with van der Waals surface area (Å²) in [6, 6.07) is 0. The Hall–Kier alpha value is -0.650. The summed E-state index contributed by atoms with van der Waals surface area (Å²) in [5, 5.41) is 18.5. The Kier molecular flexibility index (Phi) is 4.70. The highest BCUT2D eigenvalue weighted by Crippen LogP contribution is 2.19. The van der Waals surface area contributed by atoms with E-state index in [0.717, 1.165) is 32.5 Å². The molecule has 1 atom stereocenters. The van der Waals surface area contributed by atoms with Gasteiger partial charge in [-0.15, -0.1) is 0 Å². The van der Waals surface area contributed by atoms with E-state index in [1.54, 1.807) is 7.11 Å². The number of methoxy groups -OCH3 is 1. The maximum absolute atomic E-state index is 10.8. The number of hydrogen-bond donors (Lipinski definition) is 2. The molecule has 0 bridgehead atoms. The van der Waals surface area contributed by atoms with Crippen LogP contribution in [0.25, 0.3) is 0 Å². The van der Waals surface area contributed by atoms with Crippen LogP contribution in [-0.2, 0) is 9.53 Å². The molecule has 1 heterocycles. The van der Waals surface area contributed by atoms with Gasteiger partial charge in [0.2, 0.25) is 0 Å². The van der Waals surface area contributed by atoms with Crippen molar-refractivity contribution in [2.75, 3.05) is 33.4 Å². The largest absolute Gasteiger partial charge is 0.479 e. The van der Waals surface area contributed by atoms with Crippen LogP contribution >= 0.6 is 0 Å². The molecule has 0 spiro atoms. The Morgan fingerprint density at radius 3 is 2.50 bits per heavy atom. The van der Waals surface area contributed by atoms with Crippen molar-refractivity contribution >= 4 is 5.97 Å². The van der Waals surface area contributed by atoms with Gasteiger partial charge >= 0.3 is 5.97 Å². The summed E-state index contributed by atoms with van der Waals surface area (Å²) in [6.45, 7) is 3.97. The predicted octanol–water partition coefficient (Wildman–Crippen LogP) is 0.180. The summed E-state index contributed by atoms with van der Waals surface area (Å²) in [6.07, 6.45) is 2.01. The summed E-state index contributed by atoms with van der Waals surface area (Å²) in [7, 11) is 1.70. The standard InChI is InChI=1S/C11H21NO4/c1-11(15,10(13)14)8-12-5-3-9(4-6-12)7-16-2/h9,15H,3-8H2,1-2H3,(H,13,14). The molecule has 0 saturated carbocycles. The second-order valence-electron chi connectivity index (χ2n) is 4.75. The monoisotopic (exact) mass is 231 g/mol. The van der Waals surface area contributed by atoms with Gasteiger partial charge in [0.1, 0.15) is 0 Å². The van der Waals surface area contributed by atoms with Crippen molar-refractivity contribution in [3.05, 3.63) is 0 Å². The highest BCUT2D eigenvalue weighted by Gasteiger charge is 2.33. The van der Waals surface area contributed by atoms with Crippen molar-refractivity contribution in [3.8, 4) is 0 Å². The molecule has 16 heavy (non-hydrogen) atoms. The number of aliphatic hydroxyl groups is 1. The van der Waals surface area contributed by atoms with Gasteiger partial charge in [-0.05, 0) is 38.8 Å². The van der Waals surface area contributed by atoms with Crippen molar-refractivity contribution in [1.82, 2.24) is 4.90 Å². The molecule has 1 fully saturated rings. The molecule has 0 aliphatic carbocycles. The molecule has 1 saturated heterocycles. The lowest BCUT2D eigenvalue weighted by molar-refractivity contribution is -0.158. The number of carboxylic acid groups (broad SMARTS) is 1. The molecule has 0 aromatic heterocycles. The van der Waals surface area contributed by atoms with Gasteiger partial charge in [0.15, 0.2) is 5.60 Å². The van der Waals surface area contributed by atoms with Crippen LogP contribution in [0.15, 0.2) is 0 Å². The lowest BCUT2D eigenvalue weighted by atomic mass is 9.96. The third-order valence-electron chi connectivity index (χ3n) is 3.10. The zero-order chi connectivity index (χ0) is 12.2. The lowest BCUT2D eigenvalue weighted by Crippen LogP contribution is -2.49. The zero-order valence-corrected chi connectivity index (χ0v) is 9.98. The first-order valence-electron chi connectivity index (χ1n) is 5.63. The minimum atomic E-state index is -1.64. The van der Waals surface area contributed by atoms with Crippen LogP contribution in [0.1, 0.15) is 19.8 Å². The first kappa shape index (κ1) is 13.4. The Bertz CT molecular complexity index is 234. The Morgan fingerprint density at radius 1 is 1.50 bits per heavy atom. The number of carbonyl (C=O) groups is 1. The highest BCUT2D eigenvalue weighted by molar-refractivity contribution is 5.76. The molecular formula is C11H21NO4. The third-order valence-corrected chi connectivity index (χ3v) is 3.10. The van der Waals surface area contributed by atoms with Crippen LogP contribution in [0.2, 0.25) is 0 Å². The predicted molar refractivity (Wildman–Crippen MR) is 59.3 cm³/mol. The smallest absolute Gasteiger partial charge is 0.336 e. The van der Waals surface area contributed by atoms with Crippen LogP contribution < -0.4 is 0 Å². The number of carboxylic acids is 1. The summed E-state index contributed by atoms with van der Waals surface area (Å²) < 4.78 is 5.09. The van der Waals surface area contributed by atoms with E-state index >= 15 is 0 Å². The average Bonchev–Trinajstić information content (AvgIpc) is 2.21. The number of piperidine rings is 1. The fraction of sp³-hybridized carbons (Fsp3) is 0.909. The Labute approximate surface area is 96.0 Å². The minimum absolute atomic E-state index is 0.196. The fourth-order valence-electron chi connectivity index (χ4n) is 2.05. The SMILES string of the molecule is COCC1CCN(CC(C)(O)C(=O)O)CC1. The van der Waals surface area contributed by atoms with Gasteiger partial charge < -0.3 is 14.9 Å². The van der Waals surface area contributed by atoms with E-state index in [9.17, 15) is 9.90 Å². The summed E-state index contributed by atoms with van der Waals surface area (Å²) in [5.74, 6) is -0.595. The average molecular weight is 231 g/mol. The van der Waals surface area contributed by atoms with Crippen LogP contribution in [0.5, 0.6) is 0 Å². The van der Waals surface area contributed by atoms with Gasteiger partial charge in [-0.3, -0.25) is 4.90 Å². The summed E-state index contributed by atoms with van der Waals surface area (Å²) in [5.41, 5.74) is -1.64. The van der Waals surface area contributed by atoms with Gasteiger partial charge in [-0.1, -0.05) is 0 Å². The summed E-state index contributed by atoms with van der Waals surface area (Å²) >= 11 is 0. The molecule has 94 valence electrons. The van der Waals surface area contributed by atoms with Crippen molar-refractivity contribution in [1.29, 1.82) is 0 Å². The fourth-order valence-corrected chi connectivity index (χ4v) is 2.05. The van der Waals surface area contributed by atoms with Crippen LogP contribution in [0.4, 0.5) is 0 Å². The lowest BCUT2D eigenvalue weighted by Gasteiger charge is -2.34. The van der Waals surface area contributed by atoms with Gasteiger partial charge in [0.25, 0.3) is 0 Å². The molecule has 1 unspecified atom stereocenters. The van der Waals surface area contributed by atoms with E-state index in [-0.39, 0.29) is 6.54 Å². The topological polar surface area (TPSA) is 70.0 Å². The number of ether oxygens (including phenoxy) is 1. The summed E-state index contributed by atoms with van der Waals surface area (Å²) in [4.78, 5) is 12.8. The van der Waals surface area contributed by atoms with Crippen molar-refractivity contribution < 1.29 is 19.7 Å². The van der Waals surface area contributed by atoms with Gasteiger partial charge in [0.05, 0.1) is 0 Å². The second kappa shape index (κ2) is 5.61. The zero-order valence-electron chi connectivity index (χ0n) is 9.98. The van der Waals surface area contributed by atoms with Gasteiger partial charge in [-0.2, -0.15) is 0 Å². The number of rotatable bonds is 5. The Morgan fingerprint density at radius 2 is 2.06 bits per heavy atom. The van der Waals surface area contributed by atoms with Crippen molar-refractivity contribution in [2.45, 2.75) is 25.4 Å². The van der Waals surface area contributed by atoms with Gasteiger partial charge in [-0.25, -0.2) is 4.79 Å². The molecule has 5 heteroatoms. The van der Waals surface area contributed by atoms with Crippen LogP contribution in [-0.4, -0.2) is 60.0 Å². The number of likely N-dealkylation sites (tertiary alicyclic amines) is 1. The molecule has 1 aliphatic rings. The van der Waals surface area contributed by atoms with E-state index in [0.29, 0.717) is 5.92 Å². The second-order valence-corrected chi connectivity index (χ2v) is 4.75. The molecule has 0 amide bonds. The molecule has 0 radical (unpaired) electrons. The third kappa shape index (κ3) is 3.73. The first-order valence-corrected chi connectivity index (χ1v) is 5.63. The number of aliphatic carboxylic acids is 1. The molecule has 1 aliphatic heterocycles. The highest BCUT2D eigenvalue weighted by atomic mass is 16.5. The van der Waals surface area contributed by atoms with Crippen molar-refractivity contribution in [3.63, 3.8) is 0 Å². The molecule has 5 nitrogen and oxygen atoms in total. The number of β-amino-alcohol motifs (C(OH)–C–C–N with tert-alkyl or cyclic N) is 1. The first-order chi connectivity index (χ1) is 7.45.